The van der Waals surface area contributed by atoms with E-state index in [4.69, 9.17) is 18.9 Å². The highest BCUT2D eigenvalue weighted by Gasteiger charge is 2.54. The Hall–Kier alpha value is -3.79. The van der Waals surface area contributed by atoms with Gasteiger partial charge >= 0.3 is 6.09 Å². The van der Waals surface area contributed by atoms with Crippen LogP contribution in [0.25, 0.3) is 0 Å². The fraction of sp³-hybridized carbons (Fsp3) is 0.483. The minimum absolute atomic E-state index is 0.127. The number of alkyl carbamates (subject to hydrolysis) is 1. The Kier molecular flexibility index (Phi) is 7.40. The zero-order valence-electron chi connectivity index (χ0n) is 22.7. The number of ether oxygens (including phenoxy) is 4. The number of hydrogen-bond donors (Lipinski definition) is 3. The highest BCUT2D eigenvalue weighted by molar-refractivity contribution is 6.02. The maximum atomic E-state index is 13.1. The Bertz CT molecular complexity index is 1240. The molecule has 3 amide bonds. The summed E-state index contributed by atoms with van der Waals surface area (Å²) in [6, 6.07) is 11.1. The topological polar surface area (TPSA) is 124 Å². The first kappa shape index (κ1) is 26.8. The normalized spacial score (nSPS) is 22.7. The second-order valence-electron chi connectivity index (χ2n) is 11.1. The third-order valence-corrected chi connectivity index (χ3v) is 7.19. The zero-order chi connectivity index (χ0) is 27.7. The molecule has 0 bridgehead atoms. The van der Waals surface area contributed by atoms with Gasteiger partial charge in [-0.2, -0.15) is 0 Å². The van der Waals surface area contributed by atoms with Crippen molar-refractivity contribution in [1.82, 2.24) is 16.0 Å². The molecule has 3 aliphatic rings. The van der Waals surface area contributed by atoms with Gasteiger partial charge in [0, 0.05) is 42.0 Å². The molecule has 2 heterocycles. The van der Waals surface area contributed by atoms with Crippen LogP contribution in [0.15, 0.2) is 36.4 Å². The van der Waals surface area contributed by atoms with Crippen molar-refractivity contribution in [3.8, 4) is 11.5 Å². The fourth-order valence-corrected chi connectivity index (χ4v) is 5.16. The smallest absolute Gasteiger partial charge is 0.407 e. The van der Waals surface area contributed by atoms with Gasteiger partial charge in [-0.1, -0.05) is 12.1 Å². The number of hydrogen-bond acceptors (Lipinski definition) is 7. The highest BCUT2D eigenvalue weighted by atomic mass is 16.6. The lowest BCUT2D eigenvalue weighted by atomic mass is 9.90. The van der Waals surface area contributed by atoms with E-state index in [9.17, 15) is 14.4 Å². The summed E-state index contributed by atoms with van der Waals surface area (Å²) in [6.07, 6.45) is -0.487. The SMILES string of the molecule is CNC(=O)c1cc(C(=O)NC2C3COC[C@H]32)cc2c1OCC2c1ccc(OCCNC(=O)OC(C)(C)C)cc1. The van der Waals surface area contributed by atoms with E-state index in [1.54, 1.807) is 13.1 Å². The molecule has 10 nitrogen and oxygen atoms in total. The van der Waals surface area contributed by atoms with E-state index in [1.807, 2.05) is 51.1 Å². The predicted octanol–water partition coefficient (Wildman–Crippen LogP) is 2.85. The number of carbonyl (C=O) groups excluding carboxylic acids is 3. The molecule has 3 N–H and O–H groups in total. The van der Waals surface area contributed by atoms with Crippen molar-refractivity contribution < 1.29 is 33.3 Å². The molecule has 208 valence electrons. The predicted molar refractivity (Wildman–Crippen MR) is 142 cm³/mol. The van der Waals surface area contributed by atoms with Crippen molar-refractivity contribution in [1.29, 1.82) is 0 Å². The van der Waals surface area contributed by atoms with Gasteiger partial charge in [0.15, 0.2) is 0 Å². The number of carbonyl (C=O) groups is 3. The van der Waals surface area contributed by atoms with E-state index in [2.05, 4.69) is 16.0 Å². The summed E-state index contributed by atoms with van der Waals surface area (Å²) >= 11 is 0. The molecular weight excluding hydrogens is 502 g/mol. The van der Waals surface area contributed by atoms with Gasteiger partial charge < -0.3 is 34.9 Å². The second kappa shape index (κ2) is 10.8. The van der Waals surface area contributed by atoms with Crippen molar-refractivity contribution in [2.24, 2.45) is 11.8 Å². The Morgan fingerprint density at radius 3 is 2.38 bits per heavy atom. The summed E-state index contributed by atoms with van der Waals surface area (Å²) in [6.45, 7) is 7.73. The average Bonchev–Trinajstić information content (AvgIpc) is 3.25. The monoisotopic (exact) mass is 537 g/mol. The summed E-state index contributed by atoms with van der Waals surface area (Å²) in [4.78, 5) is 37.6. The van der Waals surface area contributed by atoms with Crippen LogP contribution in [0, 0.1) is 11.8 Å². The molecule has 2 aliphatic heterocycles. The molecule has 5 rings (SSSR count). The van der Waals surface area contributed by atoms with Crippen LogP contribution in [0.2, 0.25) is 0 Å². The fourth-order valence-electron chi connectivity index (χ4n) is 5.16. The number of nitrogens with one attached hydrogen (secondary N) is 3. The Morgan fingerprint density at radius 2 is 1.72 bits per heavy atom. The van der Waals surface area contributed by atoms with Crippen LogP contribution in [-0.4, -0.2) is 69.6 Å². The van der Waals surface area contributed by atoms with Gasteiger partial charge in [-0.25, -0.2) is 4.79 Å². The van der Waals surface area contributed by atoms with Crippen molar-refractivity contribution in [3.05, 3.63) is 58.7 Å². The lowest BCUT2D eigenvalue weighted by molar-refractivity contribution is 0.0520. The van der Waals surface area contributed by atoms with Gasteiger partial charge in [0.25, 0.3) is 11.8 Å². The lowest BCUT2D eigenvalue weighted by Gasteiger charge is -2.19. The van der Waals surface area contributed by atoms with Crippen LogP contribution < -0.4 is 25.4 Å². The summed E-state index contributed by atoms with van der Waals surface area (Å²) in [7, 11) is 1.56. The minimum Gasteiger partial charge on any atom is -0.492 e. The average molecular weight is 538 g/mol. The maximum Gasteiger partial charge on any atom is 0.407 e. The van der Waals surface area contributed by atoms with E-state index < -0.39 is 11.7 Å². The molecule has 2 fully saturated rings. The molecule has 39 heavy (non-hydrogen) atoms. The molecule has 4 atom stereocenters. The van der Waals surface area contributed by atoms with Crippen LogP contribution in [0.1, 0.15) is 58.5 Å². The number of amides is 3. The van der Waals surface area contributed by atoms with E-state index in [-0.39, 0.29) is 30.4 Å². The first-order chi connectivity index (χ1) is 18.6. The van der Waals surface area contributed by atoms with Crippen LogP contribution in [0.3, 0.4) is 0 Å². The molecule has 3 unspecified atom stereocenters. The van der Waals surface area contributed by atoms with Crippen LogP contribution in [0.5, 0.6) is 11.5 Å². The van der Waals surface area contributed by atoms with Gasteiger partial charge in [-0.05, 0) is 50.6 Å². The Balaban J connectivity index is 1.26. The van der Waals surface area contributed by atoms with Crippen LogP contribution >= 0.6 is 0 Å². The molecule has 0 radical (unpaired) electrons. The van der Waals surface area contributed by atoms with Crippen molar-refractivity contribution >= 4 is 17.9 Å². The third-order valence-electron chi connectivity index (χ3n) is 7.19. The van der Waals surface area contributed by atoms with Crippen LogP contribution in [0.4, 0.5) is 4.79 Å². The first-order valence-electron chi connectivity index (χ1n) is 13.3. The molecular formula is C29H35N3O7. The molecule has 2 aromatic carbocycles. The van der Waals surface area contributed by atoms with Crippen molar-refractivity contribution in [2.45, 2.75) is 38.3 Å². The van der Waals surface area contributed by atoms with Gasteiger partial charge in [0.05, 0.1) is 31.9 Å². The minimum atomic E-state index is -0.555. The van der Waals surface area contributed by atoms with Gasteiger partial charge in [0.2, 0.25) is 0 Å². The number of benzene rings is 2. The largest absolute Gasteiger partial charge is 0.492 e. The number of rotatable bonds is 8. The van der Waals surface area contributed by atoms with Crippen LogP contribution in [-0.2, 0) is 9.47 Å². The second-order valence-corrected chi connectivity index (χ2v) is 11.1. The molecule has 1 aliphatic carbocycles. The van der Waals surface area contributed by atoms with Crippen molar-refractivity contribution in [3.63, 3.8) is 0 Å². The molecule has 1 saturated carbocycles. The first-order valence-corrected chi connectivity index (χ1v) is 13.3. The molecule has 1 saturated heterocycles. The molecule has 2 aromatic rings. The van der Waals surface area contributed by atoms with E-state index in [0.29, 0.717) is 60.8 Å². The van der Waals surface area contributed by atoms with E-state index in [1.165, 1.54) is 0 Å². The molecule has 0 aromatic heterocycles. The van der Waals surface area contributed by atoms with Gasteiger partial charge in [0.1, 0.15) is 23.7 Å². The van der Waals surface area contributed by atoms with Crippen molar-refractivity contribution in [2.75, 3.05) is 40.0 Å². The quantitative estimate of drug-likeness (QED) is 0.443. The standard InChI is InChI=1S/C29H35N3O7/c1-29(2,3)39-28(35)31-9-10-37-18-7-5-16(6-8-18)21-15-38-25-19(21)11-17(12-20(25)27(34)30-4)26(33)32-24-22-13-36-14-23(22)24/h5-8,11-12,21-24H,9-10,13-15H2,1-4H3,(H,30,34)(H,31,35)(H,32,33)/t21?,22-,23?,24?/m1/s1. The number of fused-ring (bicyclic) bond motifs is 2. The highest BCUT2D eigenvalue weighted by Crippen LogP contribution is 2.45. The van der Waals surface area contributed by atoms with E-state index >= 15 is 0 Å². The third kappa shape index (κ3) is 5.95. The lowest BCUT2D eigenvalue weighted by Crippen LogP contribution is -2.34. The zero-order valence-corrected chi connectivity index (χ0v) is 22.7. The summed E-state index contributed by atoms with van der Waals surface area (Å²) in [5.74, 6) is 1.27. The summed E-state index contributed by atoms with van der Waals surface area (Å²) in [5.41, 5.74) is 2.00. The summed E-state index contributed by atoms with van der Waals surface area (Å²) < 4.78 is 22.4. The Morgan fingerprint density at radius 1 is 1.00 bits per heavy atom. The summed E-state index contributed by atoms with van der Waals surface area (Å²) in [5, 5.41) is 8.42. The van der Waals surface area contributed by atoms with Gasteiger partial charge in [-0.15, -0.1) is 0 Å². The molecule has 10 heteroatoms. The maximum absolute atomic E-state index is 13.1. The Labute approximate surface area is 227 Å². The molecule has 0 spiro atoms. The van der Waals surface area contributed by atoms with E-state index in [0.717, 1.165) is 11.1 Å². The van der Waals surface area contributed by atoms with Gasteiger partial charge in [-0.3, -0.25) is 9.59 Å².